The molecule has 4 aliphatic rings. The summed E-state index contributed by atoms with van der Waals surface area (Å²) in [5.74, 6) is 0.932. The summed E-state index contributed by atoms with van der Waals surface area (Å²) in [6, 6.07) is 16.7. The molecule has 0 aliphatic carbocycles. The molecule has 0 aromatic heterocycles. The van der Waals surface area contributed by atoms with Gasteiger partial charge in [0.25, 0.3) is 0 Å². The maximum absolute atomic E-state index is 14.6. The molecule has 4 heterocycles. The smallest absolute Gasteiger partial charge is 0.249 e. The van der Waals surface area contributed by atoms with Crippen LogP contribution in [0.15, 0.2) is 60.7 Å². The highest BCUT2D eigenvalue weighted by Gasteiger charge is 2.58. The number of thioether (sulfide) groups is 2. The number of nitrogens with zero attached hydrogens (tertiary/aromatic N) is 2. The van der Waals surface area contributed by atoms with Gasteiger partial charge in [0.05, 0.1) is 57.6 Å². The van der Waals surface area contributed by atoms with Crippen molar-refractivity contribution >= 4 is 81.6 Å². The summed E-state index contributed by atoms with van der Waals surface area (Å²) in [7, 11) is 3.68. The van der Waals surface area contributed by atoms with Crippen molar-refractivity contribution in [2.75, 3.05) is 52.0 Å². The molecule has 4 fully saturated rings. The zero-order chi connectivity index (χ0) is 51.0. The molecule has 6 rings (SSSR count). The van der Waals surface area contributed by atoms with E-state index in [0.717, 1.165) is 22.6 Å². The van der Waals surface area contributed by atoms with Crippen molar-refractivity contribution in [3.05, 3.63) is 71.8 Å². The normalized spacial score (nSPS) is 26.5. The molecule has 70 heavy (non-hydrogen) atoms. The summed E-state index contributed by atoms with van der Waals surface area (Å²) in [4.78, 5) is 62.8. The van der Waals surface area contributed by atoms with Crippen LogP contribution in [0, 0.1) is 10.8 Å². The van der Waals surface area contributed by atoms with Crippen LogP contribution in [0.1, 0.15) is 117 Å². The Morgan fingerprint density at radius 2 is 1.26 bits per heavy atom. The van der Waals surface area contributed by atoms with E-state index in [1.165, 1.54) is 0 Å². The zero-order valence-corrected chi connectivity index (χ0v) is 46.1. The number of likely N-dealkylation sites (N-methyl/N-ethyl adjacent to an activating group) is 2. The molecular formula is C52H78N8O6S4. The first-order chi connectivity index (χ1) is 33.1. The highest BCUT2D eigenvalue weighted by molar-refractivity contribution is 8.00. The van der Waals surface area contributed by atoms with Crippen molar-refractivity contribution in [3.63, 3.8) is 0 Å². The van der Waals surface area contributed by atoms with Crippen molar-refractivity contribution < 1.29 is 28.7 Å². The van der Waals surface area contributed by atoms with E-state index >= 15 is 0 Å². The number of carbonyl (C=O) groups is 4. The fourth-order valence-corrected chi connectivity index (χ4v) is 13.8. The largest absolute Gasteiger partial charge is 0.379 e. The number of thiocarbonyl (C=S) groups is 2. The zero-order valence-electron chi connectivity index (χ0n) is 42.9. The Labute approximate surface area is 436 Å². The van der Waals surface area contributed by atoms with Crippen LogP contribution in [0.4, 0.5) is 0 Å². The third-order valence-corrected chi connectivity index (χ3v) is 18.2. The Balaban J connectivity index is 1.04. The Bertz CT molecular complexity index is 2150. The maximum Gasteiger partial charge on any atom is 0.249 e. The minimum Gasteiger partial charge on any atom is -0.379 e. The number of benzene rings is 2. The first kappa shape index (κ1) is 55.9. The fourth-order valence-electron chi connectivity index (χ4n) is 9.92. The van der Waals surface area contributed by atoms with Crippen LogP contribution in [0.3, 0.4) is 0 Å². The monoisotopic (exact) mass is 1040 g/mol. The van der Waals surface area contributed by atoms with Crippen LogP contribution >= 0.6 is 48.0 Å². The lowest BCUT2D eigenvalue weighted by Crippen LogP contribution is -2.63. The molecule has 0 saturated carbocycles. The second kappa shape index (κ2) is 24.1. The van der Waals surface area contributed by atoms with Gasteiger partial charge in [0.2, 0.25) is 23.6 Å². The number of hydrogen-bond acceptors (Lipinski definition) is 12. The van der Waals surface area contributed by atoms with Gasteiger partial charge in [-0.1, -0.05) is 113 Å². The molecule has 18 heteroatoms. The molecule has 14 nitrogen and oxygen atoms in total. The minimum atomic E-state index is -0.947. The third-order valence-electron chi connectivity index (χ3n) is 14.6. The minimum absolute atomic E-state index is 0.0982. The summed E-state index contributed by atoms with van der Waals surface area (Å²) in [5.41, 5.74) is -0.541. The molecule has 386 valence electrons. The second-order valence-corrected chi connectivity index (χ2v) is 24.8. The molecule has 0 spiro atoms. The number of fused-ring (bicyclic) bond motifs is 2. The summed E-state index contributed by atoms with van der Waals surface area (Å²) < 4.78 is 12.5. The highest BCUT2D eigenvalue weighted by atomic mass is 32.2. The van der Waals surface area contributed by atoms with E-state index in [-0.39, 0.29) is 53.6 Å². The third kappa shape index (κ3) is 13.2. The van der Waals surface area contributed by atoms with Crippen molar-refractivity contribution in [2.45, 2.75) is 152 Å². The molecule has 2 aromatic rings. The maximum atomic E-state index is 14.6. The predicted molar refractivity (Wildman–Crippen MR) is 291 cm³/mol. The lowest BCUT2D eigenvalue weighted by molar-refractivity contribution is -0.145. The van der Waals surface area contributed by atoms with Crippen molar-refractivity contribution in [1.29, 1.82) is 0 Å². The molecule has 4 aliphatic heterocycles. The average molecular weight is 1040 g/mol. The Kier molecular flexibility index (Phi) is 19.3. The first-order valence-corrected chi connectivity index (χ1v) is 27.8. The summed E-state index contributed by atoms with van der Waals surface area (Å²) >= 11 is 14.9. The van der Waals surface area contributed by atoms with Gasteiger partial charge < -0.3 is 51.2 Å². The molecule has 4 amide bonds. The molecule has 9 atom stereocenters. The number of amides is 4. The van der Waals surface area contributed by atoms with Gasteiger partial charge in [-0.25, -0.2) is 0 Å². The average Bonchev–Trinajstić information content (AvgIpc) is 3.66. The van der Waals surface area contributed by atoms with Crippen LogP contribution in [-0.4, -0.2) is 141 Å². The van der Waals surface area contributed by atoms with Crippen LogP contribution < -0.4 is 31.9 Å². The Morgan fingerprint density at radius 3 is 1.76 bits per heavy atom. The van der Waals surface area contributed by atoms with E-state index in [4.69, 9.17) is 33.9 Å². The van der Waals surface area contributed by atoms with Crippen molar-refractivity contribution in [1.82, 2.24) is 41.7 Å². The highest BCUT2D eigenvalue weighted by Crippen LogP contribution is 2.48. The Morgan fingerprint density at radius 1 is 0.771 bits per heavy atom. The quantitative estimate of drug-likeness (QED) is 0.0613. The van der Waals surface area contributed by atoms with Crippen LogP contribution in [0.5, 0.6) is 0 Å². The number of unbranched alkanes of at least 4 members (excludes halogenated alkanes) is 1. The lowest BCUT2D eigenvalue weighted by Gasteiger charge is -2.39. The molecule has 0 radical (unpaired) electrons. The molecule has 4 saturated heterocycles. The van der Waals surface area contributed by atoms with E-state index < -0.39 is 52.1 Å². The second-order valence-electron chi connectivity index (χ2n) is 21.4. The van der Waals surface area contributed by atoms with E-state index in [1.807, 2.05) is 112 Å². The van der Waals surface area contributed by atoms with Gasteiger partial charge in [-0.3, -0.25) is 19.2 Å². The number of carbonyl (C=O) groups excluding carboxylic acids is 4. The van der Waals surface area contributed by atoms with Gasteiger partial charge in [-0.05, 0) is 114 Å². The summed E-state index contributed by atoms with van der Waals surface area (Å²) in [5, 5.41) is 19.5. The van der Waals surface area contributed by atoms with E-state index in [9.17, 15) is 19.2 Å². The summed E-state index contributed by atoms with van der Waals surface area (Å²) in [6.07, 6.45) is 4.04. The van der Waals surface area contributed by atoms with Crippen molar-refractivity contribution in [2.24, 2.45) is 10.8 Å². The van der Waals surface area contributed by atoms with Gasteiger partial charge >= 0.3 is 0 Å². The van der Waals surface area contributed by atoms with Gasteiger partial charge in [-0.15, -0.1) is 23.5 Å². The van der Waals surface area contributed by atoms with Gasteiger partial charge in [0.1, 0.15) is 23.7 Å². The lowest BCUT2D eigenvalue weighted by atomic mass is 9.83. The predicted octanol–water partition coefficient (Wildman–Crippen LogP) is 6.26. The molecular weight excluding hydrogens is 961 g/mol. The van der Waals surface area contributed by atoms with Crippen LogP contribution in [0.25, 0.3) is 0 Å². The van der Waals surface area contributed by atoms with Gasteiger partial charge in [-0.2, -0.15) is 0 Å². The van der Waals surface area contributed by atoms with Crippen LogP contribution in [0.2, 0.25) is 0 Å². The fraction of sp³-hybridized carbons (Fsp3) is 0.654. The Hall–Kier alpha value is -3.36. The molecule has 0 bridgehead atoms. The van der Waals surface area contributed by atoms with Gasteiger partial charge in [0.15, 0.2) is 0 Å². The topological polar surface area (TPSA) is 165 Å². The van der Waals surface area contributed by atoms with Crippen LogP contribution in [-0.2, 0) is 28.7 Å². The first-order valence-electron chi connectivity index (χ1n) is 24.9. The molecule has 2 aromatic carbocycles. The molecule has 1 unspecified atom stereocenters. The van der Waals surface area contributed by atoms with E-state index in [0.29, 0.717) is 61.7 Å². The van der Waals surface area contributed by atoms with Crippen molar-refractivity contribution in [3.8, 4) is 0 Å². The number of nitrogens with one attached hydrogen (secondary N) is 6. The molecule has 6 N–H and O–H groups in total. The SMILES string of the molecule is CN[C@@H](C)C(=S)N[C@]1(C)CCS[C@H]2CC(C)(C)[C@@H](C(=O)N[C@H](COCCCCOC[C@@H](NC(=O)C3N4C(=O)[C@@H](NC(=S)C(C)(C)NC)CCS[C@H]4CC3(C)C)c3ccccc3)c3ccccc3)N2C1=O. The number of hydrogen-bond donors (Lipinski definition) is 6. The van der Waals surface area contributed by atoms with E-state index in [2.05, 4.69) is 59.6 Å². The van der Waals surface area contributed by atoms with E-state index in [1.54, 1.807) is 23.5 Å². The summed E-state index contributed by atoms with van der Waals surface area (Å²) in [6.45, 7) is 17.5. The standard InChI is InChI=1S/C52H78N8O6S4/c1-33(53-9)45(67)58-52(8)24-28-70-40-30-50(4,5)42(60(40)48(52)64)44(62)56-38(35-21-15-12-16-22-35)32-66-26-18-17-25-65-31-37(34-19-13-11-14-20-34)55-43(61)41-49(2,3)29-39-59(41)46(63)36(23-27-69-39)57-47(68)51(6,7)54-10/h11-16,19-22,33,36-42,53-54H,17-18,23-32H2,1-10H3,(H,55,61)(H,56,62)(H,57,68)(H,58,67)/t33-,36-,37+,38+,39-,40-,41?,42+,52+/m0/s1. The number of rotatable bonds is 21. The number of ether oxygens (including phenoxy) is 2. The van der Waals surface area contributed by atoms with Gasteiger partial charge in [0, 0.05) is 13.2 Å².